The van der Waals surface area contributed by atoms with Crippen molar-refractivity contribution in [3.05, 3.63) is 51.7 Å². The third kappa shape index (κ3) is 2.46. The Kier molecular flexibility index (Phi) is 3.21. The molecule has 0 amide bonds. The van der Waals surface area contributed by atoms with Crippen LogP contribution in [0.1, 0.15) is 17.0 Å². The fourth-order valence-corrected chi connectivity index (χ4v) is 2.69. The maximum atomic E-state index is 11.2. The van der Waals surface area contributed by atoms with Gasteiger partial charge in [-0.05, 0) is 24.0 Å². The highest BCUT2D eigenvalue weighted by Crippen LogP contribution is 2.21. The molecule has 0 saturated heterocycles. The van der Waals surface area contributed by atoms with E-state index in [0.717, 1.165) is 31.6 Å². The van der Waals surface area contributed by atoms with Gasteiger partial charge in [0.1, 0.15) is 5.82 Å². The predicted octanol–water partition coefficient (Wildman–Crippen LogP) is 0.408. The first-order chi connectivity index (χ1) is 9.24. The van der Waals surface area contributed by atoms with Crippen LogP contribution in [0, 0.1) is 0 Å². The van der Waals surface area contributed by atoms with Crippen LogP contribution in [0.3, 0.4) is 0 Å². The fraction of sp³-hybridized carbons (Fsp3) is 0.429. The van der Waals surface area contributed by atoms with E-state index < -0.39 is 0 Å². The van der Waals surface area contributed by atoms with Crippen LogP contribution < -0.4 is 11.0 Å². The molecule has 1 aliphatic rings. The SMILES string of the molecule is Cn1c(CCNC2Cc3ccccc3C2)n[nH]c1=O. The fourth-order valence-electron chi connectivity index (χ4n) is 2.69. The number of hydrogen-bond donors (Lipinski definition) is 2. The average molecular weight is 258 g/mol. The van der Waals surface area contributed by atoms with Gasteiger partial charge in [0.25, 0.3) is 0 Å². The molecule has 0 fully saturated rings. The Bertz CT molecular complexity index is 603. The smallest absolute Gasteiger partial charge is 0.313 e. The molecule has 5 heteroatoms. The van der Waals surface area contributed by atoms with Gasteiger partial charge in [-0.3, -0.25) is 4.57 Å². The summed E-state index contributed by atoms with van der Waals surface area (Å²) < 4.78 is 1.56. The lowest BCUT2D eigenvalue weighted by Crippen LogP contribution is -2.32. The van der Waals surface area contributed by atoms with Crippen LogP contribution in [0.2, 0.25) is 0 Å². The van der Waals surface area contributed by atoms with E-state index in [1.54, 1.807) is 11.6 Å². The number of benzene rings is 1. The van der Waals surface area contributed by atoms with Crippen LogP contribution in [0.15, 0.2) is 29.1 Å². The summed E-state index contributed by atoms with van der Waals surface area (Å²) in [5.74, 6) is 0.799. The minimum absolute atomic E-state index is 0.150. The standard InChI is InChI=1S/C14H18N4O/c1-18-13(16-17-14(18)19)6-7-15-12-8-10-4-2-3-5-11(10)9-12/h2-5,12,15H,6-9H2,1H3,(H,17,19). The zero-order valence-electron chi connectivity index (χ0n) is 11.0. The lowest BCUT2D eigenvalue weighted by atomic mass is 10.1. The second kappa shape index (κ2) is 5.01. The predicted molar refractivity (Wildman–Crippen MR) is 73.2 cm³/mol. The maximum absolute atomic E-state index is 11.2. The Balaban J connectivity index is 1.52. The number of fused-ring (bicyclic) bond motifs is 1. The summed E-state index contributed by atoms with van der Waals surface area (Å²) in [4.78, 5) is 11.2. The number of aromatic nitrogens is 3. The van der Waals surface area contributed by atoms with Gasteiger partial charge in [-0.2, -0.15) is 5.10 Å². The molecular weight excluding hydrogens is 240 g/mol. The third-order valence-corrected chi connectivity index (χ3v) is 3.81. The van der Waals surface area contributed by atoms with Crippen molar-refractivity contribution < 1.29 is 0 Å². The summed E-state index contributed by atoms with van der Waals surface area (Å²) >= 11 is 0. The van der Waals surface area contributed by atoms with Gasteiger partial charge < -0.3 is 5.32 Å². The number of H-pyrrole nitrogens is 1. The number of hydrogen-bond acceptors (Lipinski definition) is 3. The van der Waals surface area contributed by atoms with Crippen LogP contribution in [0.4, 0.5) is 0 Å². The molecule has 1 aromatic heterocycles. The normalized spacial score (nSPS) is 14.8. The highest BCUT2D eigenvalue weighted by atomic mass is 16.1. The summed E-state index contributed by atoms with van der Waals surface area (Å²) in [6, 6.07) is 9.11. The van der Waals surface area contributed by atoms with Crippen molar-refractivity contribution in [1.29, 1.82) is 0 Å². The molecule has 2 aromatic rings. The monoisotopic (exact) mass is 258 g/mol. The van der Waals surface area contributed by atoms with Crippen molar-refractivity contribution in [1.82, 2.24) is 20.1 Å². The van der Waals surface area contributed by atoms with Crippen LogP contribution in [0.5, 0.6) is 0 Å². The number of nitrogens with zero attached hydrogens (tertiary/aromatic N) is 2. The summed E-state index contributed by atoms with van der Waals surface area (Å²) in [6.07, 6.45) is 2.95. The molecule has 2 N–H and O–H groups in total. The van der Waals surface area contributed by atoms with Crippen LogP contribution in [-0.2, 0) is 26.3 Å². The summed E-state index contributed by atoms with van der Waals surface area (Å²) in [6.45, 7) is 0.844. The number of nitrogens with one attached hydrogen (secondary N) is 2. The molecule has 1 aromatic carbocycles. The van der Waals surface area contributed by atoms with Gasteiger partial charge in [0.2, 0.25) is 0 Å². The lowest BCUT2D eigenvalue weighted by molar-refractivity contribution is 0.528. The zero-order chi connectivity index (χ0) is 13.2. The molecule has 0 aliphatic heterocycles. The van der Waals surface area contributed by atoms with Gasteiger partial charge in [-0.15, -0.1) is 0 Å². The Labute approximate surface area is 111 Å². The van der Waals surface area contributed by atoms with E-state index >= 15 is 0 Å². The second-order valence-electron chi connectivity index (χ2n) is 5.08. The van der Waals surface area contributed by atoms with E-state index in [1.807, 2.05) is 0 Å². The van der Waals surface area contributed by atoms with E-state index in [1.165, 1.54) is 11.1 Å². The average Bonchev–Trinajstić information content (AvgIpc) is 2.96. The van der Waals surface area contributed by atoms with Crippen LogP contribution >= 0.6 is 0 Å². The van der Waals surface area contributed by atoms with Crippen LogP contribution in [-0.4, -0.2) is 27.4 Å². The van der Waals surface area contributed by atoms with Crippen molar-refractivity contribution in [2.45, 2.75) is 25.3 Å². The van der Waals surface area contributed by atoms with Crippen molar-refractivity contribution in [3.63, 3.8) is 0 Å². The first kappa shape index (κ1) is 12.2. The molecule has 3 rings (SSSR count). The van der Waals surface area contributed by atoms with E-state index in [-0.39, 0.29) is 5.69 Å². The highest BCUT2D eigenvalue weighted by molar-refractivity contribution is 5.33. The molecule has 100 valence electrons. The minimum Gasteiger partial charge on any atom is -0.313 e. The topological polar surface area (TPSA) is 62.7 Å². The molecule has 0 atom stereocenters. The van der Waals surface area contributed by atoms with Crippen molar-refractivity contribution >= 4 is 0 Å². The highest BCUT2D eigenvalue weighted by Gasteiger charge is 2.20. The molecular formula is C14H18N4O. The molecule has 0 saturated carbocycles. The van der Waals surface area contributed by atoms with E-state index in [2.05, 4.69) is 39.8 Å². The summed E-state index contributed by atoms with van der Waals surface area (Å²) in [7, 11) is 1.74. The van der Waals surface area contributed by atoms with Crippen LogP contribution in [0.25, 0.3) is 0 Å². The van der Waals surface area contributed by atoms with Crippen molar-refractivity contribution in [3.8, 4) is 0 Å². The molecule has 1 aliphatic carbocycles. The van der Waals surface area contributed by atoms with Gasteiger partial charge in [0.15, 0.2) is 0 Å². The molecule has 0 radical (unpaired) electrons. The van der Waals surface area contributed by atoms with E-state index in [9.17, 15) is 4.79 Å². The van der Waals surface area contributed by atoms with Gasteiger partial charge in [0.05, 0.1) is 0 Å². The molecule has 0 unspecified atom stereocenters. The summed E-state index contributed by atoms with van der Waals surface area (Å²) in [5.41, 5.74) is 2.75. The molecule has 0 spiro atoms. The van der Waals surface area contributed by atoms with Gasteiger partial charge in [-0.25, -0.2) is 9.89 Å². The van der Waals surface area contributed by atoms with E-state index in [4.69, 9.17) is 0 Å². The Morgan fingerprint density at radius 3 is 2.63 bits per heavy atom. The molecule has 0 bridgehead atoms. The molecule has 19 heavy (non-hydrogen) atoms. The zero-order valence-corrected chi connectivity index (χ0v) is 11.0. The number of aromatic amines is 1. The van der Waals surface area contributed by atoms with Crippen molar-refractivity contribution in [2.24, 2.45) is 7.05 Å². The Morgan fingerprint density at radius 2 is 2.05 bits per heavy atom. The minimum atomic E-state index is -0.150. The maximum Gasteiger partial charge on any atom is 0.343 e. The quantitative estimate of drug-likeness (QED) is 0.835. The first-order valence-electron chi connectivity index (χ1n) is 6.64. The van der Waals surface area contributed by atoms with Gasteiger partial charge in [0, 0.05) is 26.1 Å². The van der Waals surface area contributed by atoms with Gasteiger partial charge in [-0.1, -0.05) is 24.3 Å². The third-order valence-electron chi connectivity index (χ3n) is 3.81. The molecule has 5 nitrogen and oxygen atoms in total. The lowest BCUT2D eigenvalue weighted by Gasteiger charge is -2.11. The Hall–Kier alpha value is -1.88. The first-order valence-corrected chi connectivity index (χ1v) is 6.64. The second-order valence-corrected chi connectivity index (χ2v) is 5.08. The Morgan fingerprint density at radius 1 is 1.37 bits per heavy atom. The summed E-state index contributed by atoms with van der Waals surface area (Å²) in [5, 5.41) is 10.0. The van der Waals surface area contributed by atoms with Crippen molar-refractivity contribution in [2.75, 3.05) is 6.54 Å². The molecule has 1 heterocycles. The number of rotatable bonds is 4. The van der Waals surface area contributed by atoms with Gasteiger partial charge >= 0.3 is 5.69 Å². The largest absolute Gasteiger partial charge is 0.343 e. The van der Waals surface area contributed by atoms with E-state index in [0.29, 0.717) is 6.04 Å².